The molecule has 59 heavy (non-hydrogen) atoms. The number of anilines is 3. The molecule has 0 spiro atoms. The summed E-state index contributed by atoms with van der Waals surface area (Å²) in [7, 11) is 0. The number of hydrogen-bond donors (Lipinski definition) is 10. The highest BCUT2D eigenvalue weighted by Crippen LogP contribution is 2.15. The van der Waals surface area contributed by atoms with Crippen molar-refractivity contribution in [2.45, 2.75) is 79.1 Å². The van der Waals surface area contributed by atoms with E-state index in [0.29, 0.717) is 92.8 Å². The molecule has 0 aliphatic carbocycles. The number of hydrogen-bond acceptors (Lipinski definition) is 10. The maximum Gasteiger partial charge on any atom is 0.338 e. The highest BCUT2D eigenvalue weighted by molar-refractivity contribution is 6.01. The van der Waals surface area contributed by atoms with Crippen LogP contribution in [-0.2, 0) is 4.74 Å². The number of carbonyl (C=O) groups excluding carboxylic acids is 3. The molecule has 11 N–H and O–H groups in total. The Bertz CT molecular complexity index is 2010. The SMILES string of the molecule is C=C(/N=C(\N=C(/N)Nc1ccc(C(=O)OCC(CC)CCCC)cc1)NCCCCNC(=O)Nc1nc(=O)cc(C)[nH]1)NCCCCNC(=O)Nc1nc(=O)cc(C)[nH]1. The van der Waals surface area contributed by atoms with Gasteiger partial charge < -0.3 is 47.0 Å². The molecule has 20 nitrogen and oxygen atoms in total. The zero-order valence-electron chi connectivity index (χ0n) is 34.3. The average molecular weight is 819 g/mol. The van der Waals surface area contributed by atoms with Gasteiger partial charge in [-0.2, -0.15) is 20.0 Å². The van der Waals surface area contributed by atoms with Gasteiger partial charge in [0.25, 0.3) is 11.1 Å². The van der Waals surface area contributed by atoms with E-state index in [1.807, 2.05) is 0 Å². The maximum absolute atomic E-state index is 12.7. The molecule has 320 valence electrons. The van der Waals surface area contributed by atoms with Crippen LogP contribution in [0.3, 0.4) is 0 Å². The van der Waals surface area contributed by atoms with E-state index in [2.05, 4.69) is 87.6 Å². The molecule has 0 saturated carbocycles. The molecule has 3 aromatic rings. The molecule has 3 rings (SSSR count). The van der Waals surface area contributed by atoms with Crippen molar-refractivity contribution in [3.05, 3.63) is 86.5 Å². The first-order chi connectivity index (χ1) is 28.3. The van der Waals surface area contributed by atoms with Crippen LogP contribution in [-0.4, -0.2) is 82.7 Å². The molecular weight excluding hydrogens is 761 g/mol. The Morgan fingerprint density at radius 1 is 0.763 bits per heavy atom. The van der Waals surface area contributed by atoms with Gasteiger partial charge in [0.1, 0.15) is 5.82 Å². The van der Waals surface area contributed by atoms with Crippen molar-refractivity contribution >= 4 is 47.5 Å². The number of rotatable bonds is 22. The number of aryl methyl sites for hydroxylation is 2. The van der Waals surface area contributed by atoms with Crippen molar-refractivity contribution in [2.24, 2.45) is 21.6 Å². The molecule has 4 amide bonds. The van der Waals surface area contributed by atoms with Crippen molar-refractivity contribution in [3.63, 3.8) is 0 Å². The first-order valence-corrected chi connectivity index (χ1v) is 19.7. The number of aliphatic imine (C=N–C) groups is 2. The molecule has 0 bridgehead atoms. The van der Waals surface area contributed by atoms with Gasteiger partial charge in [0.15, 0.2) is 0 Å². The summed E-state index contributed by atoms with van der Waals surface area (Å²) in [5, 5.41) is 19.7. The fourth-order valence-electron chi connectivity index (χ4n) is 5.34. The van der Waals surface area contributed by atoms with Crippen molar-refractivity contribution < 1.29 is 19.1 Å². The van der Waals surface area contributed by atoms with Gasteiger partial charge in [0, 0.05) is 55.4 Å². The number of benzene rings is 1. The molecule has 20 heteroatoms. The second-order valence-electron chi connectivity index (χ2n) is 13.6. The van der Waals surface area contributed by atoms with Gasteiger partial charge in [-0.1, -0.05) is 39.7 Å². The number of esters is 1. The summed E-state index contributed by atoms with van der Waals surface area (Å²) in [6.07, 6.45) is 6.70. The number of urea groups is 2. The summed E-state index contributed by atoms with van der Waals surface area (Å²) >= 11 is 0. The normalized spacial score (nSPS) is 11.9. The van der Waals surface area contributed by atoms with Crippen LogP contribution in [0.1, 0.15) is 87.0 Å². The van der Waals surface area contributed by atoms with E-state index in [1.54, 1.807) is 38.1 Å². The number of amides is 4. The number of carbonyl (C=O) groups is 3. The molecule has 2 aromatic heterocycles. The summed E-state index contributed by atoms with van der Waals surface area (Å²) < 4.78 is 5.56. The Kier molecular flexibility index (Phi) is 20.2. The van der Waals surface area contributed by atoms with Crippen LogP contribution in [0.4, 0.5) is 27.2 Å². The molecular formula is C39H58N14O6. The van der Waals surface area contributed by atoms with Crippen molar-refractivity contribution in [2.75, 3.05) is 48.7 Å². The summed E-state index contributed by atoms with van der Waals surface area (Å²) in [4.78, 5) is 82.1. The fourth-order valence-corrected chi connectivity index (χ4v) is 5.34. The minimum absolute atomic E-state index is 0.0246. The van der Waals surface area contributed by atoms with Crippen molar-refractivity contribution in [3.8, 4) is 0 Å². The van der Waals surface area contributed by atoms with Gasteiger partial charge in [0.2, 0.25) is 23.8 Å². The van der Waals surface area contributed by atoms with Crippen molar-refractivity contribution in [1.82, 2.24) is 41.2 Å². The third-order valence-electron chi connectivity index (χ3n) is 8.46. The lowest BCUT2D eigenvalue weighted by atomic mass is 10.0. The molecule has 0 aliphatic rings. The zero-order chi connectivity index (χ0) is 43.0. The Balaban J connectivity index is 1.51. The maximum atomic E-state index is 12.7. The van der Waals surface area contributed by atoms with Crippen molar-refractivity contribution in [1.29, 1.82) is 0 Å². The van der Waals surface area contributed by atoms with Gasteiger partial charge in [-0.05, 0) is 76.1 Å². The lowest BCUT2D eigenvalue weighted by Gasteiger charge is -2.14. The number of nitrogens with zero attached hydrogens (tertiary/aromatic N) is 4. The summed E-state index contributed by atoms with van der Waals surface area (Å²) in [6, 6.07) is 8.36. The molecule has 0 saturated heterocycles. The first kappa shape index (κ1) is 46.7. The number of nitrogens with one attached hydrogen (secondary N) is 9. The third-order valence-corrected chi connectivity index (χ3v) is 8.46. The van der Waals surface area contributed by atoms with Crippen LogP contribution in [0.2, 0.25) is 0 Å². The van der Waals surface area contributed by atoms with Crippen LogP contribution >= 0.6 is 0 Å². The highest BCUT2D eigenvalue weighted by Gasteiger charge is 2.13. The summed E-state index contributed by atoms with van der Waals surface area (Å²) in [5.41, 5.74) is 7.51. The standard InChI is InChI=1S/C39H58N14O6/c1-6-8-13-28(7-2)24-59-33(56)29-14-16-30(17-15-29)48-34(40)51-35(42-19-10-12-21-44-39(58)53-37-46-26(4)23-32(55)50-37)47-27(5)41-18-9-11-20-43-38(57)52-36-45-25(3)22-31(54)49-36/h14-17,22-23,28,41H,5-13,18-21,24H2,1-4H3,(H4,40,42,47,48,51)(H3,43,45,49,52,54,57)(H3,44,46,50,53,55,58). The minimum Gasteiger partial charge on any atom is -0.462 e. The van der Waals surface area contributed by atoms with E-state index >= 15 is 0 Å². The Labute approximate surface area is 343 Å². The quantitative estimate of drug-likeness (QED) is 0.0300. The Morgan fingerprint density at radius 2 is 1.29 bits per heavy atom. The lowest BCUT2D eigenvalue weighted by molar-refractivity contribution is 0.0428. The average Bonchev–Trinajstić information content (AvgIpc) is 3.16. The number of nitrogens with two attached hydrogens (primary N) is 1. The van der Waals surface area contributed by atoms with Crippen LogP contribution in [0.15, 0.2) is 68.4 Å². The van der Waals surface area contributed by atoms with Gasteiger partial charge in [-0.3, -0.25) is 20.2 Å². The van der Waals surface area contributed by atoms with E-state index in [1.165, 1.54) is 12.1 Å². The van der Waals surface area contributed by atoms with Gasteiger partial charge >= 0.3 is 18.0 Å². The van der Waals surface area contributed by atoms with Crippen LogP contribution in [0.5, 0.6) is 0 Å². The Morgan fingerprint density at radius 3 is 1.80 bits per heavy atom. The van der Waals surface area contributed by atoms with E-state index in [-0.39, 0.29) is 29.8 Å². The Hall–Kier alpha value is -6.73. The largest absolute Gasteiger partial charge is 0.462 e. The van der Waals surface area contributed by atoms with Crippen LogP contribution in [0.25, 0.3) is 0 Å². The number of guanidine groups is 2. The fraction of sp³-hybridized carbons (Fsp3) is 0.462. The topological polar surface area (TPSA) is 287 Å². The number of aromatic amines is 2. The summed E-state index contributed by atoms with van der Waals surface area (Å²) in [5.74, 6) is 0.581. The molecule has 1 atom stereocenters. The third kappa shape index (κ3) is 19.3. The lowest BCUT2D eigenvalue weighted by Crippen LogP contribution is -2.32. The monoisotopic (exact) mass is 818 g/mol. The van der Waals surface area contributed by atoms with Gasteiger partial charge in [-0.15, -0.1) is 0 Å². The highest BCUT2D eigenvalue weighted by atomic mass is 16.5. The number of ether oxygens (including phenoxy) is 1. The molecule has 0 aliphatic heterocycles. The van der Waals surface area contributed by atoms with E-state index in [4.69, 9.17) is 10.5 Å². The molecule has 2 heterocycles. The number of aromatic nitrogens is 4. The predicted molar refractivity (Wildman–Crippen MR) is 230 cm³/mol. The first-order valence-electron chi connectivity index (χ1n) is 19.7. The second kappa shape index (κ2) is 25.5. The van der Waals surface area contributed by atoms with Crippen LogP contribution < -0.4 is 54.1 Å². The predicted octanol–water partition coefficient (Wildman–Crippen LogP) is 3.78. The van der Waals surface area contributed by atoms with Crippen LogP contribution in [0, 0.1) is 19.8 Å². The van der Waals surface area contributed by atoms with Gasteiger partial charge in [-0.25, -0.2) is 14.4 Å². The van der Waals surface area contributed by atoms with E-state index < -0.39 is 23.2 Å². The van der Waals surface area contributed by atoms with E-state index in [9.17, 15) is 24.0 Å². The number of H-pyrrole nitrogens is 2. The minimum atomic E-state index is -0.506. The van der Waals surface area contributed by atoms with E-state index in [0.717, 1.165) is 25.7 Å². The van der Waals surface area contributed by atoms with Gasteiger partial charge in [0.05, 0.1) is 12.2 Å². The molecule has 1 unspecified atom stereocenters. The molecule has 1 aromatic carbocycles. The number of unbranched alkanes of at least 4 members (excludes halogenated alkanes) is 3. The molecule has 0 radical (unpaired) electrons. The summed E-state index contributed by atoms with van der Waals surface area (Å²) in [6.45, 7) is 13.6. The zero-order valence-corrected chi connectivity index (χ0v) is 34.3. The second-order valence-corrected chi connectivity index (χ2v) is 13.6. The molecule has 0 fully saturated rings. The smallest absolute Gasteiger partial charge is 0.338 e.